The zero-order chi connectivity index (χ0) is 31.2. The Kier molecular flexibility index (Phi) is 8.03. The monoisotopic (exact) mass is 611 g/mol. The predicted molar refractivity (Wildman–Crippen MR) is 166 cm³/mol. The van der Waals surface area contributed by atoms with E-state index in [0.29, 0.717) is 24.9 Å². The van der Waals surface area contributed by atoms with E-state index in [4.69, 9.17) is 0 Å². The van der Waals surface area contributed by atoms with E-state index in [2.05, 4.69) is 14.8 Å². The molecule has 14 heteroatoms. The summed E-state index contributed by atoms with van der Waals surface area (Å²) in [6.07, 6.45) is 1.25. The van der Waals surface area contributed by atoms with Crippen molar-refractivity contribution in [1.82, 2.24) is 23.3 Å². The average Bonchev–Trinajstić information content (AvgIpc) is 3.76. The third kappa shape index (κ3) is 5.98. The Balaban J connectivity index is 1.74. The smallest absolute Gasteiger partial charge is 0.336 e. The van der Waals surface area contributed by atoms with Gasteiger partial charge in [-0.15, -0.1) is 0 Å². The molecule has 228 valence electrons. The Morgan fingerprint density at radius 2 is 1.74 bits per heavy atom. The first kappa shape index (κ1) is 30.2. The van der Waals surface area contributed by atoms with E-state index < -0.39 is 32.8 Å². The van der Waals surface area contributed by atoms with Gasteiger partial charge in [-0.1, -0.05) is 12.1 Å². The van der Waals surface area contributed by atoms with Gasteiger partial charge in [0.15, 0.2) is 0 Å². The normalized spacial score (nSPS) is 13.6. The Morgan fingerprint density at radius 3 is 2.40 bits per heavy atom. The molecule has 0 bridgehead atoms. The summed E-state index contributed by atoms with van der Waals surface area (Å²) in [5.41, 5.74) is -0.431. The molecule has 0 atom stereocenters. The maximum Gasteiger partial charge on any atom is 0.336 e. The van der Waals surface area contributed by atoms with E-state index >= 15 is 0 Å². The van der Waals surface area contributed by atoms with E-state index in [0.717, 1.165) is 4.57 Å². The van der Waals surface area contributed by atoms with Crippen LogP contribution in [0.3, 0.4) is 0 Å². The van der Waals surface area contributed by atoms with Crippen LogP contribution in [0.2, 0.25) is 0 Å². The van der Waals surface area contributed by atoms with Gasteiger partial charge >= 0.3 is 5.69 Å². The number of rotatable bonds is 10. The largest absolute Gasteiger partial charge is 0.338 e. The number of nitrogens with one attached hydrogen (secondary N) is 3. The Hall–Kier alpha value is -4.27. The van der Waals surface area contributed by atoms with Gasteiger partial charge in [0.05, 0.1) is 22.6 Å². The highest BCUT2D eigenvalue weighted by molar-refractivity contribution is 7.90. The SMILES string of the molecule is Cc1ccc(Nc2c3c(=O)n(C4CC4)c(=O)n(-c4cccc(NS(=O)(=O)NCCN(C)C)c4)c3c(C)c(=O)n2C)c(F)c1. The molecule has 1 saturated carbocycles. The average molecular weight is 612 g/mol. The second kappa shape index (κ2) is 11.4. The molecular weight excluding hydrogens is 577 g/mol. The second-order valence-corrected chi connectivity index (χ2v) is 12.5. The van der Waals surface area contributed by atoms with Crippen molar-refractivity contribution in [2.24, 2.45) is 7.05 Å². The van der Waals surface area contributed by atoms with E-state index in [1.54, 1.807) is 25.1 Å². The summed E-state index contributed by atoms with van der Waals surface area (Å²) in [6, 6.07) is 10.3. The Bertz CT molecular complexity index is 2030. The van der Waals surface area contributed by atoms with Crippen LogP contribution in [-0.4, -0.2) is 54.2 Å². The number of halogens is 1. The number of hydrogen-bond acceptors (Lipinski definition) is 7. The highest BCUT2D eigenvalue weighted by Crippen LogP contribution is 2.34. The summed E-state index contributed by atoms with van der Waals surface area (Å²) in [7, 11) is 1.18. The molecule has 1 aliphatic carbocycles. The summed E-state index contributed by atoms with van der Waals surface area (Å²) in [5, 5.41) is 2.96. The van der Waals surface area contributed by atoms with Crippen molar-refractivity contribution in [2.45, 2.75) is 32.7 Å². The molecule has 0 saturated heterocycles. The van der Waals surface area contributed by atoms with Crippen LogP contribution >= 0.6 is 0 Å². The quantitative estimate of drug-likeness (QED) is 0.250. The maximum absolute atomic E-state index is 14.9. The van der Waals surface area contributed by atoms with Gasteiger partial charge in [0.25, 0.3) is 21.3 Å². The lowest BCUT2D eigenvalue weighted by atomic mass is 10.1. The molecule has 12 nitrogen and oxygen atoms in total. The Morgan fingerprint density at radius 1 is 1.02 bits per heavy atom. The molecule has 1 fully saturated rings. The molecule has 0 spiro atoms. The molecule has 0 aliphatic heterocycles. The molecule has 2 heterocycles. The molecule has 0 unspecified atom stereocenters. The zero-order valence-corrected chi connectivity index (χ0v) is 25.4. The fourth-order valence-corrected chi connectivity index (χ4v) is 5.88. The lowest BCUT2D eigenvalue weighted by Crippen LogP contribution is -2.41. The van der Waals surface area contributed by atoms with E-state index in [-0.39, 0.29) is 51.9 Å². The van der Waals surface area contributed by atoms with Crippen LogP contribution in [0.5, 0.6) is 0 Å². The molecule has 2 aromatic heterocycles. The fourth-order valence-electron chi connectivity index (χ4n) is 5.01. The minimum Gasteiger partial charge on any atom is -0.338 e. The van der Waals surface area contributed by atoms with Gasteiger partial charge < -0.3 is 10.2 Å². The van der Waals surface area contributed by atoms with E-state index in [1.165, 1.54) is 47.4 Å². The van der Waals surface area contributed by atoms with Crippen molar-refractivity contribution in [3.05, 3.63) is 90.6 Å². The minimum absolute atomic E-state index is 0.0300. The summed E-state index contributed by atoms with van der Waals surface area (Å²) in [5.74, 6) is -0.542. The number of hydrogen-bond donors (Lipinski definition) is 3. The van der Waals surface area contributed by atoms with Crippen molar-refractivity contribution in [3.8, 4) is 5.69 Å². The highest BCUT2D eigenvalue weighted by Gasteiger charge is 2.31. The van der Waals surface area contributed by atoms with Crippen molar-refractivity contribution in [1.29, 1.82) is 0 Å². The first-order valence-electron chi connectivity index (χ1n) is 13.8. The van der Waals surface area contributed by atoms with Crippen LogP contribution in [0, 0.1) is 19.7 Å². The van der Waals surface area contributed by atoms with Crippen LogP contribution in [0.15, 0.2) is 56.8 Å². The number of pyridine rings is 1. The molecule has 2 aromatic carbocycles. The van der Waals surface area contributed by atoms with Crippen LogP contribution in [-0.2, 0) is 17.3 Å². The van der Waals surface area contributed by atoms with Crippen molar-refractivity contribution in [3.63, 3.8) is 0 Å². The zero-order valence-electron chi connectivity index (χ0n) is 24.6. The number of benzene rings is 2. The molecule has 0 radical (unpaired) electrons. The Labute approximate surface area is 247 Å². The summed E-state index contributed by atoms with van der Waals surface area (Å²) < 4.78 is 48.8. The standard InChI is InChI=1S/C29H34FN7O5S/c1-17-9-12-23(22(30)15-17)32-26-24-25(18(2)27(38)35(26)5)36(29(40)37(28(24)39)20-10-11-20)21-8-6-7-19(16-21)33-43(41,42)31-13-14-34(3)4/h6-9,12,15-16,20,31-33H,10-11,13-14H2,1-5H3. The lowest BCUT2D eigenvalue weighted by Gasteiger charge is -2.21. The predicted octanol–water partition coefficient (Wildman–Crippen LogP) is 2.49. The van der Waals surface area contributed by atoms with Crippen molar-refractivity contribution >= 4 is 38.3 Å². The molecule has 5 rings (SSSR count). The van der Waals surface area contributed by atoms with Crippen LogP contribution in [0.4, 0.5) is 21.6 Å². The molecule has 4 aromatic rings. The summed E-state index contributed by atoms with van der Waals surface area (Å²) in [4.78, 5) is 43.3. The minimum atomic E-state index is -3.94. The number of likely N-dealkylation sites (N-methyl/N-ethyl adjacent to an activating group) is 1. The summed E-state index contributed by atoms with van der Waals surface area (Å²) in [6.45, 7) is 3.92. The van der Waals surface area contributed by atoms with Gasteiger partial charge in [-0.2, -0.15) is 13.1 Å². The number of aromatic nitrogens is 3. The van der Waals surface area contributed by atoms with Crippen LogP contribution < -0.4 is 31.6 Å². The molecule has 1 aliphatic rings. The van der Waals surface area contributed by atoms with Gasteiger partial charge in [0.1, 0.15) is 17.0 Å². The number of aryl methyl sites for hydroxylation is 2. The maximum atomic E-state index is 14.9. The molecule has 3 N–H and O–H groups in total. The highest BCUT2D eigenvalue weighted by atomic mass is 32.2. The third-order valence-corrected chi connectivity index (χ3v) is 8.43. The fraction of sp³-hybridized carbons (Fsp3) is 0.345. The van der Waals surface area contributed by atoms with E-state index in [9.17, 15) is 27.2 Å². The lowest BCUT2D eigenvalue weighted by molar-refractivity contribution is 0.412. The second-order valence-electron chi connectivity index (χ2n) is 11.0. The van der Waals surface area contributed by atoms with Crippen molar-refractivity contribution in [2.75, 3.05) is 37.2 Å². The van der Waals surface area contributed by atoms with Gasteiger partial charge in [-0.3, -0.25) is 28.0 Å². The molecular formula is C29H34FN7O5S. The molecule has 43 heavy (non-hydrogen) atoms. The number of fused-ring (bicyclic) bond motifs is 1. The first-order valence-corrected chi connectivity index (χ1v) is 15.2. The number of nitrogens with zero attached hydrogens (tertiary/aromatic N) is 4. The van der Waals surface area contributed by atoms with Crippen LogP contribution in [0.1, 0.15) is 30.0 Å². The molecule has 0 amide bonds. The first-order chi connectivity index (χ1) is 20.3. The van der Waals surface area contributed by atoms with Gasteiger partial charge in [0, 0.05) is 31.7 Å². The van der Waals surface area contributed by atoms with Crippen LogP contribution in [0.25, 0.3) is 16.6 Å². The third-order valence-electron chi connectivity index (χ3n) is 7.34. The summed E-state index contributed by atoms with van der Waals surface area (Å²) >= 11 is 0. The topological polar surface area (TPSA) is 139 Å². The van der Waals surface area contributed by atoms with E-state index in [1.807, 2.05) is 19.0 Å². The van der Waals surface area contributed by atoms with Gasteiger partial charge in [-0.05, 0) is 76.7 Å². The number of anilines is 3. The van der Waals surface area contributed by atoms with Gasteiger partial charge in [-0.25, -0.2) is 9.18 Å². The van der Waals surface area contributed by atoms with Crippen molar-refractivity contribution < 1.29 is 12.8 Å². The van der Waals surface area contributed by atoms with Gasteiger partial charge in [0.2, 0.25) is 0 Å².